The summed E-state index contributed by atoms with van der Waals surface area (Å²) >= 11 is 3.26. The van der Waals surface area contributed by atoms with E-state index in [1.807, 2.05) is 19.0 Å². The van der Waals surface area contributed by atoms with Gasteiger partial charge in [0.25, 0.3) is 0 Å². The minimum atomic E-state index is -3.55. The first-order chi connectivity index (χ1) is 9.61. The van der Waals surface area contributed by atoms with Gasteiger partial charge in [-0.1, -0.05) is 13.8 Å². The maximum atomic E-state index is 12.5. The summed E-state index contributed by atoms with van der Waals surface area (Å²) in [7, 11) is 0.312. The highest BCUT2D eigenvalue weighted by molar-refractivity contribution is 9.10. The molecule has 0 radical (unpaired) electrons. The van der Waals surface area contributed by atoms with Crippen molar-refractivity contribution in [3.05, 3.63) is 22.7 Å². The summed E-state index contributed by atoms with van der Waals surface area (Å²) < 4.78 is 28.3. The van der Waals surface area contributed by atoms with Crippen LogP contribution in [0.4, 0.5) is 5.69 Å². The van der Waals surface area contributed by atoms with Crippen LogP contribution in [0.5, 0.6) is 0 Å². The lowest BCUT2D eigenvalue weighted by atomic mass is 10.0. The highest BCUT2D eigenvalue weighted by Gasteiger charge is 2.22. The molecule has 0 fully saturated rings. The zero-order valence-electron chi connectivity index (χ0n) is 12.9. The molecule has 3 N–H and O–H groups in total. The van der Waals surface area contributed by atoms with Crippen molar-refractivity contribution in [2.24, 2.45) is 5.92 Å². The van der Waals surface area contributed by atoms with Crippen molar-refractivity contribution in [3.63, 3.8) is 0 Å². The van der Waals surface area contributed by atoms with Crippen LogP contribution in [0.3, 0.4) is 0 Å². The van der Waals surface area contributed by atoms with Gasteiger partial charge in [0.2, 0.25) is 10.0 Å². The summed E-state index contributed by atoms with van der Waals surface area (Å²) in [5.74, 6) is 0.413. The lowest BCUT2D eigenvalue weighted by Crippen LogP contribution is -2.42. The number of sulfonamides is 1. The number of benzene rings is 1. The van der Waals surface area contributed by atoms with Crippen molar-refractivity contribution in [2.45, 2.75) is 31.2 Å². The first-order valence-electron chi connectivity index (χ1n) is 6.84. The second-order valence-electron chi connectivity index (χ2n) is 5.89. The summed E-state index contributed by atoms with van der Waals surface area (Å²) in [5, 5.41) is 0. The fourth-order valence-electron chi connectivity index (χ4n) is 2.13. The lowest BCUT2D eigenvalue weighted by Gasteiger charge is -2.24. The number of nitrogen functional groups attached to an aromatic ring is 1. The Kier molecular flexibility index (Phi) is 6.65. The predicted molar refractivity (Wildman–Crippen MR) is 90.7 cm³/mol. The van der Waals surface area contributed by atoms with Crippen LogP contribution in [0.2, 0.25) is 0 Å². The van der Waals surface area contributed by atoms with E-state index in [1.165, 1.54) is 12.1 Å². The van der Waals surface area contributed by atoms with Gasteiger partial charge < -0.3 is 10.6 Å². The topological polar surface area (TPSA) is 75.4 Å². The van der Waals surface area contributed by atoms with Gasteiger partial charge in [-0.15, -0.1) is 0 Å². The quantitative estimate of drug-likeness (QED) is 0.714. The lowest BCUT2D eigenvalue weighted by molar-refractivity contribution is 0.329. The van der Waals surface area contributed by atoms with E-state index in [4.69, 9.17) is 5.73 Å². The summed E-state index contributed by atoms with van der Waals surface area (Å²) in [6, 6.07) is 4.51. The Bertz CT molecular complexity index is 564. The third-order valence-electron chi connectivity index (χ3n) is 2.95. The molecule has 1 aromatic carbocycles. The van der Waals surface area contributed by atoms with E-state index in [1.54, 1.807) is 6.07 Å². The fraction of sp³-hybridized carbons (Fsp3) is 0.571. The van der Waals surface area contributed by atoms with Gasteiger partial charge in [-0.3, -0.25) is 0 Å². The minimum absolute atomic E-state index is 0.124. The van der Waals surface area contributed by atoms with Gasteiger partial charge >= 0.3 is 0 Å². The maximum Gasteiger partial charge on any atom is 0.240 e. The van der Waals surface area contributed by atoms with Crippen LogP contribution in [-0.2, 0) is 10.0 Å². The van der Waals surface area contributed by atoms with E-state index in [-0.39, 0.29) is 10.9 Å². The third-order valence-corrected chi connectivity index (χ3v) is 5.15. The molecule has 0 aliphatic carbocycles. The summed E-state index contributed by atoms with van der Waals surface area (Å²) in [4.78, 5) is 2.20. The van der Waals surface area contributed by atoms with Gasteiger partial charge in [0.15, 0.2) is 0 Å². The highest BCUT2D eigenvalue weighted by Crippen LogP contribution is 2.23. The van der Waals surface area contributed by atoms with E-state index in [0.29, 0.717) is 22.6 Å². The fourth-order valence-corrected chi connectivity index (χ4v) is 3.93. The molecule has 5 nitrogen and oxygen atoms in total. The monoisotopic (exact) mass is 377 g/mol. The molecule has 1 atom stereocenters. The Hall–Kier alpha value is -0.630. The average molecular weight is 378 g/mol. The predicted octanol–water partition coefficient (Wildman–Crippen LogP) is 2.29. The number of halogens is 1. The number of rotatable bonds is 7. The molecule has 0 heterocycles. The molecule has 7 heteroatoms. The standard InChI is InChI=1S/C14H24BrN3O2S/c1-10(2)7-11(9-18(3)4)17-21(19,20)12-5-6-14(16)13(15)8-12/h5-6,8,10-11,17H,7,9,16H2,1-4H3. The molecule has 0 spiro atoms. The van der Waals surface area contributed by atoms with Gasteiger partial charge in [-0.25, -0.2) is 13.1 Å². The Morgan fingerprint density at radius 2 is 1.95 bits per heavy atom. The van der Waals surface area contributed by atoms with Crippen molar-refractivity contribution >= 4 is 31.6 Å². The number of hydrogen-bond acceptors (Lipinski definition) is 4. The number of nitrogens with zero attached hydrogens (tertiary/aromatic N) is 1. The molecule has 0 aliphatic heterocycles. The normalized spacial score (nSPS) is 13.9. The van der Waals surface area contributed by atoms with Crippen molar-refractivity contribution in [1.82, 2.24) is 9.62 Å². The SMILES string of the molecule is CC(C)CC(CN(C)C)NS(=O)(=O)c1ccc(N)c(Br)c1. The molecular weight excluding hydrogens is 354 g/mol. The molecule has 1 rings (SSSR count). The number of nitrogens with two attached hydrogens (primary N) is 1. The number of nitrogens with one attached hydrogen (secondary N) is 1. The van der Waals surface area contributed by atoms with Crippen LogP contribution in [0.25, 0.3) is 0 Å². The van der Waals surface area contributed by atoms with Crippen molar-refractivity contribution in [1.29, 1.82) is 0 Å². The van der Waals surface area contributed by atoms with Crippen LogP contribution in [0.1, 0.15) is 20.3 Å². The van der Waals surface area contributed by atoms with Crippen molar-refractivity contribution in [3.8, 4) is 0 Å². The Balaban J connectivity index is 2.96. The minimum Gasteiger partial charge on any atom is -0.398 e. The molecule has 120 valence electrons. The molecule has 0 saturated carbocycles. The third kappa shape index (κ3) is 5.94. The van der Waals surface area contributed by atoms with E-state index in [0.717, 1.165) is 6.42 Å². The largest absolute Gasteiger partial charge is 0.398 e. The summed E-state index contributed by atoms with van der Waals surface area (Å²) in [6.07, 6.45) is 0.785. The van der Waals surface area contributed by atoms with Gasteiger partial charge in [-0.05, 0) is 60.6 Å². The van der Waals surface area contributed by atoms with Crippen molar-refractivity contribution in [2.75, 3.05) is 26.4 Å². The molecule has 0 amide bonds. The van der Waals surface area contributed by atoms with Gasteiger partial charge in [0.05, 0.1) is 4.90 Å². The number of likely N-dealkylation sites (N-methyl/N-ethyl adjacent to an activating group) is 1. The molecule has 0 aliphatic rings. The van der Waals surface area contributed by atoms with E-state index in [2.05, 4.69) is 34.5 Å². The molecule has 0 aromatic heterocycles. The smallest absolute Gasteiger partial charge is 0.240 e. The van der Waals surface area contributed by atoms with Crippen LogP contribution in [0, 0.1) is 5.92 Å². The Labute approximate surface area is 136 Å². The molecular formula is C14H24BrN3O2S. The second kappa shape index (κ2) is 7.58. The zero-order chi connectivity index (χ0) is 16.2. The van der Waals surface area contributed by atoms with E-state index >= 15 is 0 Å². The Morgan fingerprint density at radius 1 is 1.33 bits per heavy atom. The highest BCUT2D eigenvalue weighted by atomic mass is 79.9. The van der Waals surface area contributed by atoms with Crippen molar-refractivity contribution < 1.29 is 8.42 Å². The number of hydrogen-bond donors (Lipinski definition) is 2. The van der Waals surface area contributed by atoms with E-state index in [9.17, 15) is 8.42 Å². The first-order valence-corrected chi connectivity index (χ1v) is 9.11. The van der Waals surface area contributed by atoms with Crippen LogP contribution in [0.15, 0.2) is 27.6 Å². The van der Waals surface area contributed by atoms with Gasteiger partial charge in [-0.2, -0.15) is 0 Å². The maximum absolute atomic E-state index is 12.5. The molecule has 21 heavy (non-hydrogen) atoms. The molecule has 0 bridgehead atoms. The zero-order valence-corrected chi connectivity index (χ0v) is 15.3. The van der Waals surface area contributed by atoms with Crippen LogP contribution in [-0.4, -0.2) is 40.0 Å². The molecule has 1 unspecified atom stereocenters. The van der Waals surface area contributed by atoms with Crippen LogP contribution < -0.4 is 10.5 Å². The van der Waals surface area contributed by atoms with E-state index < -0.39 is 10.0 Å². The van der Waals surface area contributed by atoms with Gasteiger partial charge in [0, 0.05) is 22.7 Å². The summed E-state index contributed by atoms with van der Waals surface area (Å²) in [5.41, 5.74) is 6.21. The summed E-state index contributed by atoms with van der Waals surface area (Å²) in [6.45, 7) is 4.82. The average Bonchev–Trinajstić information content (AvgIpc) is 2.29. The second-order valence-corrected chi connectivity index (χ2v) is 8.46. The van der Waals surface area contributed by atoms with Gasteiger partial charge in [0.1, 0.15) is 0 Å². The Morgan fingerprint density at radius 3 is 2.43 bits per heavy atom. The molecule has 1 aromatic rings. The first kappa shape index (κ1) is 18.4. The molecule has 0 saturated heterocycles. The van der Waals surface area contributed by atoms with Crippen LogP contribution >= 0.6 is 15.9 Å². The number of anilines is 1.